The summed E-state index contributed by atoms with van der Waals surface area (Å²) < 4.78 is 6.45. The smallest absolute Gasteiger partial charge is 0.270 e. The van der Waals surface area contributed by atoms with Gasteiger partial charge in [-0.2, -0.15) is 0 Å². The maximum atomic E-state index is 10.6. The zero-order valence-electron chi connectivity index (χ0n) is 9.71. The normalized spacial score (nSPS) is 23.7. The molecular weight excluding hydrogens is 349 g/mol. The molecule has 0 aromatic heterocycles. The number of nitro benzene ring substituents is 1. The van der Waals surface area contributed by atoms with Crippen molar-refractivity contribution in [3.63, 3.8) is 0 Å². The van der Waals surface area contributed by atoms with Crippen molar-refractivity contribution in [3.05, 3.63) is 31.9 Å². The molecule has 0 amide bonds. The Morgan fingerprint density at radius 2 is 2.11 bits per heavy atom. The van der Waals surface area contributed by atoms with Crippen molar-refractivity contribution in [1.82, 2.24) is 0 Å². The summed E-state index contributed by atoms with van der Waals surface area (Å²) in [5.74, 6) is 0.604. The Morgan fingerprint density at radius 1 is 1.39 bits per heavy atom. The molecule has 0 heterocycles. The molecule has 0 radical (unpaired) electrons. The molecule has 1 saturated carbocycles. The molecule has 98 valence electrons. The van der Waals surface area contributed by atoms with Gasteiger partial charge >= 0.3 is 0 Å². The van der Waals surface area contributed by atoms with Crippen molar-refractivity contribution in [3.8, 4) is 5.75 Å². The van der Waals surface area contributed by atoms with Crippen LogP contribution in [0, 0.1) is 13.7 Å². The number of benzene rings is 1. The van der Waals surface area contributed by atoms with Crippen molar-refractivity contribution in [2.75, 3.05) is 0 Å². The number of halogens is 1. The third-order valence-electron chi connectivity index (χ3n) is 3.07. The topological polar surface area (TPSA) is 72.6 Å². The maximum Gasteiger partial charge on any atom is 0.270 e. The Balaban J connectivity index is 2.11. The lowest BCUT2D eigenvalue weighted by molar-refractivity contribution is -0.385. The summed E-state index contributed by atoms with van der Waals surface area (Å²) in [5, 5.41) is 20.5. The highest BCUT2D eigenvalue weighted by Crippen LogP contribution is 2.29. The van der Waals surface area contributed by atoms with Gasteiger partial charge in [-0.15, -0.1) is 0 Å². The molecule has 18 heavy (non-hydrogen) atoms. The van der Waals surface area contributed by atoms with Crippen LogP contribution in [0.5, 0.6) is 5.75 Å². The van der Waals surface area contributed by atoms with Crippen LogP contribution in [0.2, 0.25) is 0 Å². The molecule has 5 nitrogen and oxygen atoms in total. The van der Waals surface area contributed by atoms with Crippen molar-refractivity contribution in [2.45, 2.75) is 37.9 Å². The zero-order chi connectivity index (χ0) is 13.1. The first-order chi connectivity index (χ1) is 8.58. The van der Waals surface area contributed by atoms with E-state index >= 15 is 0 Å². The van der Waals surface area contributed by atoms with Gasteiger partial charge in [0.1, 0.15) is 11.9 Å². The van der Waals surface area contributed by atoms with Gasteiger partial charge in [0, 0.05) is 12.1 Å². The van der Waals surface area contributed by atoms with Gasteiger partial charge in [-0.05, 0) is 47.9 Å². The van der Waals surface area contributed by atoms with E-state index in [0.29, 0.717) is 9.32 Å². The second kappa shape index (κ2) is 5.83. The molecule has 1 N–H and O–H groups in total. The number of nitro groups is 1. The first-order valence-electron chi connectivity index (χ1n) is 5.86. The predicted octanol–water partition coefficient (Wildman–Crippen LogP) is 2.88. The summed E-state index contributed by atoms with van der Waals surface area (Å²) in [6, 6.07) is 4.50. The molecule has 2 atom stereocenters. The van der Waals surface area contributed by atoms with Crippen LogP contribution in [0.3, 0.4) is 0 Å². The van der Waals surface area contributed by atoms with E-state index in [0.717, 1.165) is 25.7 Å². The van der Waals surface area contributed by atoms with E-state index in [1.54, 1.807) is 6.07 Å². The van der Waals surface area contributed by atoms with Crippen LogP contribution in [0.15, 0.2) is 18.2 Å². The lowest BCUT2D eigenvalue weighted by atomic mass is 9.95. The van der Waals surface area contributed by atoms with E-state index in [1.807, 2.05) is 22.6 Å². The molecule has 1 aromatic carbocycles. The average molecular weight is 363 g/mol. The number of hydrogen-bond acceptors (Lipinski definition) is 4. The standard InChI is InChI=1S/C12H14INO4/c13-9-7-8(14(16)17)5-6-11(9)18-12-4-2-1-3-10(12)15/h5-7,10,12,15H,1-4H2/t10-,12-/m0/s1. The molecule has 1 fully saturated rings. The van der Waals surface area contributed by atoms with Crippen LogP contribution in [-0.4, -0.2) is 22.2 Å². The van der Waals surface area contributed by atoms with Crippen LogP contribution in [0.25, 0.3) is 0 Å². The van der Waals surface area contributed by atoms with E-state index in [4.69, 9.17) is 4.74 Å². The minimum atomic E-state index is -0.440. The average Bonchev–Trinajstić information content (AvgIpc) is 2.34. The Hall–Kier alpha value is -0.890. The van der Waals surface area contributed by atoms with Gasteiger partial charge in [-0.25, -0.2) is 0 Å². The minimum absolute atomic E-state index is 0.0518. The molecule has 0 aliphatic heterocycles. The SMILES string of the molecule is O=[N+]([O-])c1ccc(O[C@H]2CCCC[C@@H]2O)c(I)c1. The molecule has 1 aliphatic rings. The van der Waals surface area contributed by atoms with E-state index < -0.39 is 11.0 Å². The number of aliphatic hydroxyl groups excluding tert-OH is 1. The molecule has 2 rings (SSSR count). The van der Waals surface area contributed by atoms with Crippen LogP contribution >= 0.6 is 22.6 Å². The third kappa shape index (κ3) is 3.11. The Labute approximate surface area is 118 Å². The Morgan fingerprint density at radius 3 is 2.72 bits per heavy atom. The molecular formula is C12H14INO4. The van der Waals surface area contributed by atoms with Crippen molar-refractivity contribution in [2.24, 2.45) is 0 Å². The van der Waals surface area contributed by atoms with E-state index in [1.165, 1.54) is 12.1 Å². The number of non-ortho nitro benzene ring substituents is 1. The quantitative estimate of drug-likeness (QED) is 0.509. The molecule has 0 unspecified atom stereocenters. The molecule has 1 aromatic rings. The summed E-state index contributed by atoms with van der Waals surface area (Å²) >= 11 is 2.01. The van der Waals surface area contributed by atoms with Gasteiger partial charge in [0.05, 0.1) is 14.6 Å². The Bertz CT molecular complexity index is 452. The van der Waals surface area contributed by atoms with Gasteiger partial charge in [-0.3, -0.25) is 10.1 Å². The predicted molar refractivity (Wildman–Crippen MR) is 74.7 cm³/mol. The number of ether oxygens (including phenoxy) is 1. The fourth-order valence-corrected chi connectivity index (χ4v) is 2.70. The van der Waals surface area contributed by atoms with Gasteiger partial charge in [0.15, 0.2) is 0 Å². The number of hydrogen-bond donors (Lipinski definition) is 1. The molecule has 0 spiro atoms. The number of rotatable bonds is 3. The zero-order valence-corrected chi connectivity index (χ0v) is 11.9. The highest BCUT2D eigenvalue weighted by molar-refractivity contribution is 14.1. The van der Waals surface area contributed by atoms with Gasteiger partial charge in [0.25, 0.3) is 5.69 Å². The second-order valence-electron chi connectivity index (χ2n) is 4.38. The third-order valence-corrected chi connectivity index (χ3v) is 3.92. The van der Waals surface area contributed by atoms with Crippen LogP contribution in [-0.2, 0) is 0 Å². The van der Waals surface area contributed by atoms with Gasteiger partial charge in [0.2, 0.25) is 0 Å². The first kappa shape index (κ1) is 13.5. The van der Waals surface area contributed by atoms with Crippen molar-refractivity contribution in [1.29, 1.82) is 0 Å². The lowest BCUT2D eigenvalue weighted by Gasteiger charge is -2.28. The highest BCUT2D eigenvalue weighted by atomic mass is 127. The second-order valence-corrected chi connectivity index (χ2v) is 5.54. The van der Waals surface area contributed by atoms with Crippen LogP contribution in [0.4, 0.5) is 5.69 Å². The monoisotopic (exact) mass is 363 g/mol. The van der Waals surface area contributed by atoms with E-state index in [-0.39, 0.29) is 11.8 Å². The molecule has 0 bridgehead atoms. The van der Waals surface area contributed by atoms with Crippen molar-refractivity contribution < 1.29 is 14.8 Å². The summed E-state index contributed by atoms with van der Waals surface area (Å²) in [4.78, 5) is 10.2. The number of nitrogens with zero attached hydrogens (tertiary/aromatic N) is 1. The fourth-order valence-electron chi connectivity index (χ4n) is 2.08. The van der Waals surface area contributed by atoms with Crippen LogP contribution in [0.1, 0.15) is 25.7 Å². The summed E-state index contributed by atoms with van der Waals surface area (Å²) in [6.45, 7) is 0. The van der Waals surface area contributed by atoms with Crippen LogP contribution < -0.4 is 4.74 Å². The summed E-state index contributed by atoms with van der Waals surface area (Å²) in [7, 11) is 0. The first-order valence-corrected chi connectivity index (χ1v) is 6.94. The van der Waals surface area contributed by atoms with Gasteiger partial charge in [-0.1, -0.05) is 6.42 Å². The fraction of sp³-hybridized carbons (Fsp3) is 0.500. The molecule has 1 aliphatic carbocycles. The lowest BCUT2D eigenvalue weighted by Crippen LogP contribution is -2.34. The van der Waals surface area contributed by atoms with E-state index in [2.05, 4.69) is 0 Å². The minimum Gasteiger partial charge on any atom is -0.487 e. The number of aliphatic hydroxyl groups is 1. The largest absolute Gasteiger partial charge is 0.487 e. The highest BCUT2D eigenvalue weighted by Gasteiger charge is 2.25. The maximum absolute atomic E-state index is 10.6. The molecule has 6 heteroatoms. The van der Waals surface area contributed by atoms with Gasteiger partial charge < -0.3 is 9.84 Å². The van der Waals surface area contributed by atoms with E-state index in [9.17, 15) is 15.2 Å². The van der Waals surface area contributed by atoms with Crippen molar-refractivity contribution >= 4 is 28.3 Å². The molecule has 0 saturated heterocycles. The summed E-state index contributed by atoms with van der Waals surface area (Å²) in [5.41, 5.74) is 0.0518. The summed E-state index contributed by atoms with van der Waals surface area (Å²) in [6.07, 6.45) is 3.02. The Kier molecular flexibility index (Phi) is 4.39.